The number of aryl methyl sites for hydroxylation is 1. The minimum absolute atomic E-state index is 0.161. The van der Waals surface area contributed by atoms with Gasteiger partial charge in [-0.15, -0.1) is 0 Å². The minimum atomic E-state index is -0.314. The van der Waals surface area contributed by atoms with Crippen LogP contribution in [-0.2, 0) is 6.42 Å². The number of rotatable bonds is 2. The number of nitrogens with two attached hydrogens (primary N) is 1. The van der Waals surface area contributed by atoms with E-state index in [2.05, 4.69) is 0 Å². The summed E-state index contributed by atoms with van der Waals surface area (Å²) in [7, 11) is 0. The molecule has 0 aliphatic carbocycles. The maximum atomic E-state index is 9.61. The van der Waals surface area contributed by atoms with E-state index in [1.807, 2.05) is 32.9 Å². The van der Waals surface area contributed by atoms with Gasteiger partial charge < -0.3 is 10.8 Å². The Morgan fingerprint density at radius 3 is 2.50 bits per heavy atom. The van der Waals surface area contributed by atoms with Crippen molar-refractivity contribution in [2.45, 2.75) is 32.7 Å². The van der Waals surface area contributed by atoms with Crippen LogP contribution < -0.4 is 5.73 Å². The van der Waals surface area contributed by atoms with Gasteiger partial charge in [0.1, 0.15) is 5.75 Å². The number of phenols is 1. The van der Waals surface area contributed by atoms with Crippen molar-refractivity contribution in [2.75, 3.05) is 0 Å². The Hall–Kier alpha value is -0.730. The monoisotopic (exact) mass is 213 g/mol. The average molecular weight is 214 g/mol. The molecule has 0 bridgehead atoms. The topological polar surface area (TPSA) is 46.2 Å². The van der Waals surface area contributed by atoms with Crippen LogP contribution in [0.5, 0.6) is 5.75 Å². The van der Waals surface area contributed by atoms with Crippen LogP contribution in [0.3, 0.4) is 0 Å². The van der Waals surface area contributed by atoms with Crippen molar-refractivity contribution in [1.82, 2.24) is 0 Å². The van der Waals surface area contributed by atoms with E-state index < -0.39 is 0 Å². The van der Waals surface area contributed by atoms with Crippen LogP contribution >= 0.6 is 11.6 Å². The second kappa shape index (κ2) is 3.79. The Kier molecular flexibility index (Phi) is 3.07. The van der Waals surface area contributed by atoms with E-state index in [0.717, 1.165) is 11.1 Å². The molecule has 0 atom stereocenters. The Balaban J connectivity index is 3.06. The highest BCUT2D eigenvalue weighted by Crippen LogP contribution is 2.31. The van der Waals surface area contributed by atoms with Crippen LogP contribution in [0, 0.1) is 6.92 Å². The first-order valence-corrected chi connectivity index (χ1v) is 4.95. The van der Waals surface area contributed by atoms with E-state index in [0.29, 0.717) is 11.4 Å². The third-order valence-electron chi connectivity index (χ3n) is 2.04. The molecule has 0 unspecified atom stereocenters. The molecule has 0 aliphatic rings. The molecule has 0 radical (unpaired) electrons. The molecule has 0 spiro atoms. The summed E-state index contributed by atoms with van der Waals surface area (Å²) in [6.45, 7) is 5.68. The molecule has 1 rings (SSSR count). The zero-order valence-electron chi connectivity index (χ0n) is 8.76. The van der Waals surface area contributed by atoms with Gasteiger partial charge in [0.15, 0.2) is 0 Å². The van der Waals surface area contributed by atoms with Gasteiger partial charge in [-0.3, -0.25) is 0 Å². The van der Waals surface area contributed by atoms with Gasteiger partial charge >= 0.3 is 0 Å². The fourth-order valence-corrected chi connectivity index (χ4v) is 1.61. The fraction of sp³-hybridized carbons (Fsp3) is 0.455. The molecule has 1 aromatic carbocycles. The molecule has 1 aromatic rings. The summed E-state index contributed by atoms with van der Waals surface area (Å²) in [5.41, 5.74) is 7.25. The van der Waals surface area contributed by atoms with E-state index in [9.17, 15) is 5.11 Å². The van der Waals surface area contributed by atoms with E-state index in [4.69, 9.17) is 17.3 Å². The van der Waals surface area contributed by atoms with Crippen molar-refractivity contribution in [2.24, 2.45) is 5.73 Å². The second-order valence-electron chi connectivity index (χ2n) is 4.37. The highest BCUT2D eigenvalue weighted by molar-refractivity contribution is 6.32. The second-order valence-corrected chi connectivity index (χ2v) is 4.75. The maximum absolute atomic E-state index is 9.61. The summed E-state index contributed by atoms with van der Waals surface area (Å²) in [4.78, 5) is 0. The van der Waals surface area contributed by atoms with Crippen molar-refractivity contribution in [3.8, 4) is 5.75 Å². The number of hydrogen-bond donors (Lipinski definition) is 2. The summed E-state index contributed by atoms with van der Waals surface area (Å²) in [6.07, 6.45) is 0.652. The molecule has 0 fully saturated rings. The van der Waals surface area contributed by atoms with Crippen LogP contribution in [-0.4, -0.2) is 10.6 Å². The molecule has 78 valence electrons. The lowest BCUT2D eigenvalue weighted by Gasteiger charge is -2.19. The summed E-state index contributed by atoms with van der Waals surface area (Å²) in [5, 5.41) is 10.0. The zero-order chi connectivity index (χ0) is 10.9. The maximum Gasteiger partial charge on any atom is 0.137 e. The number of halogens is 1. The van der Waals surface area contributed by atoms with Gasteiger partial charge in [-0.1, -0.05) is 23.7 Å². The highest BCUT2D eigenvalue weighted by Gasteiger charge is 2.16. The van der Waals surface area contributed by atoms with Gasteiger partial charge in [0.05, 0.1) is 5.02 Å². The van der Waals surface area contributed by atoms with Crippen LogP contribution in [0.15, 0.2) is 12.1 Å². The lowest BCUT2D eigenvalue weighted by molar-refractivity contribution is 0.467. The van der Waals surface area contributed by atoms with E-state index in [1.165, 1.54) is 0 Å². The highest BCUT2D eigenvalue weighted by atomic mass is 35.5. The first kappa shape index (κ1) is 11.3. The Labute approximate surface area is 89.7 Å². The lowest BCUT2D eigenvalue weighted by atomic mass is 9.95. The van der Waals surface area contributed by atoms with Gasteiger partial charge in [-0.25, -0.2) is 0 Å². The van der Waals surface area contributed by atoms with E-state index in [-0.39, 0.29) is 11.3 Å². The Morgan fingerprint density at radius 2 is 2.00 bits per heavy atom. The fourth-order valence-electron chi connectivity index (χ4n) is 1.33. The zero-order valence-corrected chi connectivity index (χ0v) is 9.52. The van der Waals surface area contributed by atoms with Crippen LogP contribution in [0.1, 0.15) is 25.0 Å². The normalized spacial score (nSPS) is 11.8. The number of hydrogen-bond acceptors (Lipinski definition) is 2. The van der Waals surface area contributed by atoms with Gasteiger partial charge in [-0.2, -0.15) is 0 Å². The molecule has 0 amide bonds. The SMILES string of the molecule is Cc1ccc(CC(C)(C)N)c(Cl)c1O. The summed E-state index contributed by atoms with van der Waals surface area (Å²) in [6, 6.07) is 3.76. The molecule has 0 saturated carbocycles. The van der Waals surface area contributed by atoms with Gasteiger partial charge in [0, 0.05) is 5.54 Å². The molecule has 2 nitrogen and oxygen atoms in total. The van der Waals surface area contributed by atoms with E-state index >= 15 is 0 Å². The summed E-state index contributed by atoms with van der Waals surface area (Å²) in [5.74, 6) is 0.161. The number of benzene rings is 1. The first-order chi connectivity index (χ1) is 6.31. The third kappa shape index (κ3) is 2.63. The van der Waals surface area contributed by atoms with Crippen molar-refractivity contribution in [3.05, 3.63) is 28.3 Å². The molecule has 0 aromatic heterocycles. The molecule has 3 N–H and O–H groups in total. The molecule has 0 heterocycles. The molecule has 14 heavy (non-hydrogen) atoms. The van der Waals surface area contributed by atoms with Crippen LogP contribution in [0.25, 0.3) is 0 Å². The summed E-state index contributed by atoms with van der Waals surface area (Å²) < 4.78 is 0. The largest absolute Gasteiger partial charge is 0.506 e. The molecule has 0 saturated heterocycles. The Morgan fingerprint density at radius 1 is 1.43 bits per heavy atom. The van der Waals surface area contributed by atoms with Gasteiger partial charge in [0.2, 0.25) is 0 Å². The minimum Gasteiger partial charge on any atom is -0.506 e. The predicted octanol–water partition coefficient (Wildman–Crippen LogP) is 2.63. The van der Waals surface area contributed by atoms with Gasteiger partial charge in [-0.05, 0) is 38.3 Å². The van der Waals surface area contributed by atoms with Crippen LogP contribution in [0.4, 0.5) is 0 Å². The van der Waals surface area contributed by atoms with Crippen molar-refractivity contribution < 1.29 is 5.11 Å². The third-order valence-corrected chi connectivity index (χ3v) is 2.47. The standard InChI is InChI=1S/C11H16ClNO/c1-7-4-5-8(6-11(2,3)13)9(12)10(7)14/h4-5,14H,6,13H2,1-3H3. The average Bonchev–Trinajstić information content (AvgIpc) is 2.04. The van der Waals surface area contributed by atoms with E-state index in [1.54, 1.807) is 0 Å². The van der Waals surface area contributed by atoms with Crippen molar-refractivity contribution in [3.63, 3.8) is 0 Å². The summed E-state index contributed by atoms with van der Waals surface area (Å²) >= 11 is 6.00. The quantitative estimate of drug-likeness (QED) is 0.794. The lowest BCUT2D eigenvalue weighted by Crippen LogP contribution is -2.34. The Bertz CT molecular complexity index is 342. The molecular weight excluding hydrogens is 198 g/mol. The van der Waals surface area contributed by atoms with Gasteiger partial charge in [0.25, 0.3) is 0 Å². The molecule has 0 aliphatic heterocycles. The van der Waals surface area contributed by atoms with Crippen LogP contribution in [0.2, 0.25) is 5.02 Å². The predicted molar refractivity (Wildman–Crippen MR) is 59.8 cm³/mol. The van der Waals surface area contributed by atoms with Crippen molar-refractivity contribution >= 4 is 11.6 Å². The first-order valence-electron chi connectivity index (χ1n) is 4.57. The van der Waals surface area contributed by atoms with Crippen molar-refractivity contribution in [1.29, 1.82) is 0 Å². The smallest absolute Gasteiger partial charge is 0.137 e. The number of aromatic hydroxyl groups is 1. The molecular formula is C11H16ClNO. The molecule has 3 heteroatoms. The number of phenolic OH excluding ortho intramolecular Hbond substituents is 1.